The molecule has 1 amide bonds. The Kier molecular flexibility index (Phi) is 7.25. The summed E-state index contributed by atoms with van der Waals surface area (Å²) < 4.78 is 6.78. The topological polar surface area (TPSA) is 72.3 Å². The summed E-state index contributed by atoms with van der Waals surface area (Å²) in [5, 5.41) is 11.0. The normalized spacial score (nSPS) is 17.8. The highest BCUT2D eigenvalue weighted by Crippen LogP contribution is 2.23. The van der Waals surface area contributed by atoms with Crippen LogP contribution in [0.5, 0.6) is 0 Å². The minimum atomic E-state index is -0.208. The van der Waals surface area contributed by atoms with Gasteiger partial charge in [0.25, 0.3) is 5.91 Å². The van der Waals surface area contributed by atoms with E-state index in [-0.39, 0.29) is 11.9 Å². The minimum Gasteiger partial charge on any atom is -0.383 e. The van der Waals surface area contributed by atoms with Gasteiger partial charge in [0.2, 0.25) is 0 Å². The molecule has 1 unspecified atom stereocenters. The van der Waals surface area contributed by atoms with Gasteiger partial charge in [0.15, 0.2) is 5.69 Å². The summed E-state index contributed by atoms with van der Waals surface area (Å²) in [6, 6.07) is 9.00. The van der Waals surface area contributed by atoms with Crippen LogP contribution in [0.25, 0.3) is 0 Å². The summed E-state index contributed by atoms with van der Waals surface area (Å²) in [6.45, 7) is 3.88. The van der Waals surface area contributed by atoms with E-state index < -0.39 is 0 Å². The summed E-state index contributed by atoms with van der Waals surface area (Å²) in [6.07, 6.45) is 6.01. The van der Waals surface area contributed by atoms with Crippen LogP contribution < -0.4 is 5.32 Å². The smallest absolute Gasteiger partial charge is 0.273 e. The van der Waals surface area contributed by atoms with Gasteiger partial charge in [-0.05, 0) is 43.3 Å². The molecule has 1 fully saturated rings. The van der Waals surface area contributed by atoms with E-state index in [0.29, 0.717) is 18.8 Å². The number of amides is 1. The highest BCUT2D eigenvalue weighted by molar-refractivity contribution is 7.98. The SMILES string of the molecule is COCCNC(=O)c1cn(C2CCCN(Cc3ccc(SC)cc3)C2)nn1. The van der Waals surface area contributed by atoms with Crippen molar-refractivity contribution in [3.8, 4) is 0 Å². The van der Waals surface area contributed by atoms with E-state index in [4.69, 9.17) is 4.74 Å². The van der Waals surface area contributed by atoms with Crippen molar-refractivity contribution in [3.63, 3.8) is 0 Å². The number of carbonyl (C=O) groups is 1. The molecule has 0 bridgehead atoms. The number of aromatic nitrogens is 3. The third kappa shape index (κ3) is 5.54. The first kappa shape index (κ1) is 19.9. The second-order valence-corrected chi connectivity index (χ2v) is 7.59. The van der Waals surface area contributed by atoms with Gasteiger partial charge < -0.3 is 10.1 Å². The fourth-order valence-electron chi connectivity index (χ4n) is 3.30. The maximum atomic E-state index is 12.1. The van der Waals surface area contributed by atoms with Crippen LogP contribution in [0, 0.1) is 0 Å². The van der Waals surface area contributed by atoms with Crippen molar-refractivity contribution >= 4 is 17.7 Å². The van der Waals surface area contributed by atoms with Gasteiger partial charge in [0.1, 0.15) is 0 Å². The molecule has 27 heavy (non-hydrogen) atoms. The standard InChI is InChI=1S/C19H27N5O2S/c1-26-11-9-20-19(25)18-14-24(22-21-18)16-4-3-10-23(13-16)12-15-5-7-17(27-2)8-6-15/h5-8,14,16H,3-4,9-13H2,1-2H3,(H,20,25). The third-order valence-corrected chi connectivity index (χ3v) is 5.50. The van der Waals surface area contributed by atoms with Crippen molar-refractivity contribution in [3.05, 3.63) is 41.7 Å². The van der Waals surface area contributed by atoms with Crippen molar-refractivity contribution in [2.45, 2.75) is 30.3 Å². The van der Waals surface area contributed by atoms with Crippen molar-refractivity contribution in [1.29, 1.82) is 0 Å². The van der Waals surface area contributed by atoms with E-state index in [2.05, 4.69) is 51.1 Å². The molecular formula is C19H27N5O2S. The number of rotatable bonds is 8. The number of benzene rings is 1. The maximum Gasteiger partial charge on any atom is 0.273 e. The second-order valence-electron chi connectivity index (χ2n) is 6.71. The Morgan fingerprint density at radius 2 is 2.19 bits per heavy atom. The molecule has 2 heterocycles. The predicted molar refractivity (Wildman–Crippen MR) is 106 cm³/mol. The molecule has 146 valence electrons. The van der Waals surface area contributed by atoms with Gasteiger partial charge in [-0.2, -0.15) is 0 Å². The van der Waals surface area contributed by atoms with Gasteiger partial charge in [0, 0.05) is 31.6 Å². The van der Waals surface area contributed by atoms with Crippen LogP contribution in [-0.4, -0.2) is 65.4 Å². The molecule has 1 N–H and O–H groups in total. The Morgan fingerprint density at radius 1 is 1.37 bits per heavy atom. The maximum absolute atomic E-state index is 12.1. The Morgan fingerprint density at radius 3 is 2.93 bits per heavy atom. The summed E-state index contributed by atoms with van der Waals surface area (Å²) in [5.74, 6) is -0.208. The Hall–Kier alpha value is -1.90. The molecule has 8 heteroatoms. The fraction of sp³-hybridized carbons (Fsp3) is 0.526. The van der Waals surface area contributed by atoms with Crippen LogP contribution in [0.15, 0.2) is 35.4 Å². The Balaban J connectivity index is 1.56. The Labute approximate surface area is 164 Å². The number of thioether (sulfide) groups is 1. The number of ether oxygens (including phenoxy) is 1. The minimum absolute atomic E-state index is 0.208. The van der Waals surface area contributed by atoms with Crippen molar-refractivity contribution in [1.82, 2.24) is 25.2 Å². The molecule has 2 aromatic rings. The first-order valence-electron chi connectivity index (χ1n) is 9.24. The predicted octanol–water partition coefficient (Wildman–Crippen LogP) is 2.21. The summed E-state index contributed by atoms with van der Waals surface area (Å²) in [7, 11) is 1.61. The molecule has 7 nitrogen and oxygen atoms in total. The lowest BCUT2D eigenvalue weighted by molar-refractivity contribution is 0.0932. The number of hydrogen-bond donors (Lipinski definition) is 1. The molecule has 1 aromatic carbocycles. The summed E-state index contributed by atoms with van der Waals surface area (Å²) >= 11 is 1.76. The van der Waals surface area contributed by atoms with Gasteiger partial charge in [-0.15, -0.1) is 16.9 Å². The highest BCUT2D eigenvalue weighted by Gasteiger charge is 2.23. The zero-order chi connectivity index (χ0) is 19.1. The largest absolute Gasteiger partial charge is 0.383 e. The lowest BCUT2D eigenvalue weighted by Crippen LogP contribution is -2.36. The van der Waals surface area contributed by atoms with Gasteiger partial charge >= 0.3 is 0 Å². The monoisotopic (exact) mass is 389 g/mol. The zero-order valence-corrected chi connectivity index (χ0v) is 16.7. The number of nitrogens with one attached hydrogen (secondary N) is 1. The molecule has 1 aromatic heterocycles. The Bertz CT molecular complexity index is 734. The second kappa shape index (κ2) is 9.87. The first-order chi connectivity index (χ1) is 13.2. The van der Waals surface area contributed by atoms with Gasteiger partial charge in [-0.1, -0.05) is 17.3 Å². The van der Waals surface area contributed by atoms with Crippen molar-refractivity contribution in [2.75, 3.05) is 39.6 Å². The summed E-state index contributed by atoms with van der Waals surface area (Å²) in [4.78, 5) is 15.8. The molecule has 1 atom stereocenters. The molecular weight excluding hydrogens is 362 g/mol. The van der Waals surface area contributed by atoms with E-state index in [1.54, 1.807) is 25.1 Å². The number of hydrogen-bond acceptors (Lipinski definition) is 6. The zero-order valence-electron chi connectivity index (χ0n) is 15.9. The number of nitrogens with zero attached hydrogens (tertiary/aromatic N) is 4. The van der Waals surface area contributed by atoms with E-state index in [0.717, 1.165) is 32.5 Å². The van der Waals surface area contributed by atoms with Gasteiger partial charge in [-0.25, -0.2) is 4.68 Å². The first-order valence-corrected chi connectivity index (χ1v) is 10.5. The third-order valence-electron chi connectivity index (χ3n) is 4.75. The quantitative estimate of drug-likeness (QED) is 0.551. The summed E-state index contributed by atoms with van der Waals surface area (Å²) in [5.41, 5.74) is 1.68. The molecule has 1 aliphatic rings. The van der Waals surface area contributed by atoms with Crippen molar-refractivity contribution in [2.24, 2.45) is 0 Å². The molecule has 0 radical (unpaired) electrons. The fourth-order valence-corrected chi connectivity index (χ4v) is 3.70. The van der Waals surface area contributed by atoms with Crippen LogP contribution in [0.3, 0.4) is 0 Å². The van der Waals surface area contributed by atoms with E-state index in [1.165, 1.54) is 10.5 Å². The van der Waals surface area contributed by atoms with Crippen LogP contribution in [-0.2, 0) is 11.3 Å². The molecule has 0 spiro atoms. The average Bonchev–Trinajstić information content (AvgIpc) is 3.19. The lowest BCUT2D eigenvalue weighted by atomic mass is 10.0. The van der Waals surface area contributed by atoms with E-state index >= 15 is 0 Å². The number of methoxy groups -OCH3 is 1. The van der Waals surface area contributed by atoms with Crippen LogP contribution >= 0.6 is 11.8 Å². The van der Waals surface area contributed by atoms with E-state index in [1.807, 2.05) is 4.68 Å². The lowest BCUT2D eigenvalue weighted by Gasteiger charge is -2.32. The highest BCUT2D eigenvalue weighted by atomic mass is 32.2. The molecule has 1 saturated heterocycles. The van der Waals surface area contributed by atoms with Crippen LogP contribution in [0.1, 0.15) is 34.9 Å². The number of likely N-dealkylation sites (tertiary alicyclic amines) is 1. The van der Waals surface area contributed by atoms with Gasteiger partial charge in [-0.3, -0.25) is 9.69 Å². The molecule has 0 aliphatic carbocycles. The van der Waals surface area contributed by atoms with Gasteiger partial charge in [0.05, 0.1) is 18.8 Å². The van der Waals surface area contributed by atoms with Crippen LogP contribution in [0.2, 0.25) is 0 Å². The van der Waals surface area contributed by atoms with E-state index in [9.17, 15) is 4.79 Å². The molecule has 3 rings (SSSR count). The number of piperidine rings is 1. The average molecular weight is 390 g/mol. The number of carbonyl (C=O) groups excluding carboxylic acids is 1. The van der Waals surface area contributed by atoms with Crippen molar-refractivity contribution < 1.29 is 9.53 Å². The van der Waals surface area contributed by atoms with Crippen LogP contribution in [0.4, 0.5) is 0 Å². The molecule has 0 saturated carbocycles. The molecule has 1 aliphatic heterocycles.